The number of hydrogen-bond donors (Lipinski definition) is 1. The lowest BCUT2D eigenvalue weighted by atomic mass is 10.1. The minimum absolute atomic E-state index is 0.120. The minimum Gasteiger partial charge on any atom is -0.364 e. The lowest BCUT2D eigenvalue weighted by molar-refractivity contribution is 0.614. The zero-order valence-corrected chi connectivity index (χ0v) is 13.3. The molecule has 6 nitrogen and oxygen atoms in total. The van der Waals surface area contributed by atoms with Crippen LogP contribution in [0.3, 0.4) is 0 Å². The number of nitriles is 1. The molecule has 1 aromatic heterocycles. The fourth-order valence-electron chi connectivity index (χ4n) is 2.28. The quantitative estimate of drug-likeness (QED) is 0.932. The number of aromatic nitrogens is 2. The Morgan fingerprint density at radius 3 is 2.48 bits per heavy atom. The van der Waals surface area contributed by atoms with Gasteiger partial charge in [-0.15, -0.1) is 0 Å². The van der Waals surface area contributed by atoms with Crippen molar-refractivity contribution in [1.29, 1.82) is 5.26 Å². The molecule has 7 heteroatoms. The molecule has 0 bridgehead atoms. The van der Waals surface area contributed by atoms with E-state index in [1.54, 1.807) is 26.0 Å². The molecule has 1 aromatic carbocycles. The van der Waals surface area contributed by atoms with E-state index < -0.39 is 17.3 Å². The summed E-state index contributed by atoms with van der Waals surface area (Å²) in [4.78, 5) is 24.0. The summed E-state index contributed by atoms with van der Waals surface area (Å²) in [6.45, 7) is 3.42. The van der Waals surface area contributed by atoms with Crippen molar-refractivity contribution < 1.29 is 4.39 Å². The van der Waals surface area contributed by atoms with Crippen molar-refractivity contribution in [3.8, 4) is 6.07 Å². The second kappa shape index (κ2) is 6.08. The highest BCUT2D eigenvalue weighted by molar-refractivity contribution is 5.52. The maximum atomic E-state index is 13.7. The maximum Gasteiger partial charge on any atom is 0.332 e. The highest BCUT2D eigenvalue weighted by Crippen LogP contribution is 2.21. The molecule has 0 aliphatic carbocycles. The van der Waals surface area contributed by atoms with Crippen LogP contribution in [0.1, 0.15) is 29.7 Å². The largest absolute Gasteiger partial charge is 0.364 e. The number of anilines is 1. The van der Waals surface area contributed by atoms with E-state index in [0.29, 0.717) is 11.1 Å². The van der Waals surface area contributed by atoms with E-state index in [1.807, 2.05) is 6.07 Å². The fourth-order valence-corrected chi connectivity index (χ4v) is 2.28. The molecule has 0 saturated heterocycles. The van der Waals surface area contributed by atoms with Crippen molar-refractivity contribution in [3.63, 3.8) is 0 Å². The van der Waals surface area contributed by atoms with Gasteiger partial charge in [-0.1, -0.05) is 12.1 Å². The SMILES string of the molecule is Cc1ccc(C(C)Nc2c(C#N)c(=O)n(C)c(=O)n2C)cc1F. The number of rotatable bonds is 3. The van der Waals surface area contributed by atoms with Crippen molar-refractivity contribution in [2.45, 2.75) is 19.9 Å². The van der Waals surface area contributed by atoms with Gasteiger partial charge >= 0.3 is 5.69 Å². The molecule has 2 rings (SSSR count). The van der Waals surface area contributed by atoms with Gasteiger partial charge in [0.1, 0.15) is 17.7 Å². The molecular formula is C16H17FN4O2. The highest BCUT2D eigenvalue weighted by Gasteiger charge is 2.18. The van der Waals surface area contributed by atoms with E-state index in [9.17, 15) is 19.2 Å². The van der Waals surface area contributed by atoms with Crippen molar-refractivity contribution in [2.24, 2.45) is 14.1 Å². The zero-order valence-electron chi connectivity index (χ0n) is 13.3. The summed E-state index contributed by atoms with van der Waals surface area (Å²) in [7, 11) is 2.78. The smallest absolute Gasteiger partial charge is 0.332 e. The Hall–Kier alpha value is -2.88. The van der Waals surface area contributed by atoms with Crippen LogP contribution < -0.4 is 16.6 Å². The van der Waals surface area contributed by atoms with Gasteiger partial charge in [-0.3, -0.25) is 13.9 Å². The average Bonchev–Trinajstić information content (AvgIpc) is 2.53. The fraction of sp³-hybridized carbons (Fsp3) is 0.312. The van der Waals surface area contributed by atoms with Crippen LogP contribution in [-0.4, -0.2) is 9.13 Å². The van der Waals surface area contributed by atoms with Crippen molar-refractivity contribution in [2.75, 3.05) is 5.32 Å². The molecular weight excluding hydrogens is 299 g/mol. The summed E-state index contributed by atoms with van der Waals surface area (Å²) in [5.41, 5.74) is -0.196. The number of hydrogen-bond acceptors (Lipinski definition) is 4. The molecule has 1 unspecified atom stereocenters. The van der Waals surface area contributed by atoms with Gasteiger partial charge in [0.15, 0.2) is 5.56 Å². The van der Waals surface area contributed by atoms with Gasteiger partial charge in [0, 0.05) is 14.1 Å². The summed E-state index contributed by atoms with van der Waals surface area (Å²) < 4.78 is 15.8. The van der Waals surface area contributed by atoms with Crippen molar-refractivity contribution in [3.05, 3.63) is 61.5 Å². The summed E-state index contributed by atoms with van der Waals surface area (Å²) >= 11 is 0. The summed E-state index contributed by atoms with van der Waals surface area (Å²) in [6.07, 6.45) is 0. The molecule has 1 heterocycles. The van der Waals surface area contributed by atoms with Crippen molar-refractivity contribution >= 4 is 5.82 Å². The molecule has 0 amide bonds. The molecule has 2 aromatic rings. The summed E-state index contributed by atoms with van der Waals surface area (Å²) in [5.74, 6) is -0.219. The third-order valence-electron chi connectivity index (χ3n) is 3.83. The van der Waals surface area contributed by atoms with E-state index in [4.69, 9.17) is 0 Å². The van der Waals surface area contributed by atoms with Crippen LogP contribution in [0.15, 0.2) is 27.8 Å². The Bertz CT molecular complexity index is 921. The third-order valence-corrected chi connectivity index (χ3v) is 3.83. The van der Waals surface area contributed by atoms with Crippen LogP contribution in [0.2, 0.25) is 0 Å². The summed E-state index contributed by atoms with van der Waals surface area (Å²) in [6, 6.07) is 6.22. The van der Waals surface area contributed by atoms with Crippen LogP contribution in [0.5, 0.6) is 0 Å². The minimum atomic E-state index is -0.666. The van der Waals surface area contributed by atoms with Crippen molar-refractivity contribution in [1.82, 2.24) is 9.13 Å². The molecule has 0 aliphatic heterocycles. The molecule has 0 aliphatic rings. The Kier molecular flexibility index (Phi) is 4.36. The van der Waals surface area contributed by atoms with Gasteiger partial charge in [0.25, 0.3) is 5.56 Å². The normalized spacial score (nSPS) is 11.8. The maximum absolute atomic E-state index is 13.7. The predicted molar refractivity (Wildman–Crippen MR) is 84.8 cm³/mol. The Morgan fingerprint density at radius 1 is 1.26 bits per heavy atom. The van der Waals surface area contributed by atoms with E-state index >= 15 is 0 Å². The molecule has 23 heavy (non-hydrogen) atoms. The molecule has 0 fully saturated rings. The van der Waals surface area contributed by atoms with Gasteiger partial charge in [-0.2, -0.15) is 5.26 Å². The Balaban J connectivity index is 2.52. The first-order chi connectivity index (χ1) is 10.8. The molecule has 1 atom stereocenters. The predicted octanol–water partition coefficient (Wildman–Crippen LogP) is 1.58. The molecule has 120 valence electrons. The molecule has 0 saturated carbocycles. The van der Waals surface area contributed by atoms with Crippen LogP contribution in [0.25, 0.3) is 0 Å². The van der Waals surface area contributed by atoms with Crippen LogP contribution >= 0.6 is 0 Å². The van der Waals surface area contributed by atoms with Gasteiger partial charge in [-0.25, -0.2) is 9.18 Å². The highest BCUT2D eigenvalue weighted by atomic mass is 19.1. The molecule has 0 radical (unpaired) electrons. The number of nitrogens with one attached hydrogen (secondary N) is 1. The van der Waals surface area contributed by atoms with Gasteiger partial charge < -0.3 is 5.32 Å². The Labute approximate surface area is 132 Å². The number of nitrogens with zero attached hydrogens (tertiary/aromatic N) is 3. The third kappa shape index (κ3) is 2.88. The monoisotopic (exact) mass is 316 g/mol. The topological polar surface area (TPSA) is 79.8 Å². The van der Waals surface area contributed by atoms with Crippen LogP contribution in [0, 0.1) is 24.1 Å². The second-order valence-electron chi connectivity index (χ2n) is 5.42. The number of benzene rings is 1. The van der Waals surface area contributed by atoms with Gasteiger partial charge in [-0.05, 0) is 31.0 Å². The van der Waals surface area contributed by atoms with E-state index in [1.165, 1.54) is 24.7 Å². The van der Waals surface area contributed by atoms with E-state index in [2.05, 4.69) is 5.32 Å². The second-order valence-corrected chi connectivity index (χ2v) is 5.42. The summed E-state index contributed by atoms with van der Waals surface area (Å²) in [5, 5.41) is 12.2. The number of halogens is 1. The van der Waals surface area contributed by atoms with E-state index in [0.717, 1.165) is 4.57 Å². The van der Waals surface area contributed by atoms with Crippen LogP contribution in [-0.2, 0) is 14.1 Å². The first-order valence-corrected chi connectivity index (χ1v) is 7.00. The zero-order chi connectivity index (χ0) is 17.3. The van der Waals surface area contributed by atoms with Gasteiger partial charge in [0.05, 0.1) is 6.04 Å². The average molecular weight is 316 g/mol. The Morgan fingerprint density at radius 2 is 1.91 bits per heavy atom. The lowest BCUT2D eigenvalue weighted by Crippen LogP contribution is -2.40. The standard InChI is InChI=1S/C16H17FN4O2/c1-9-5-6-11(7-13(9)17)10(2)19-14-12(8-18)15(22)21(4)16(23)20(14)3/h5-7,10,19H,1-4H3. The van der Waals surface area contributed by atoms with Gasteiger partial charge in [0.2, 0.25) is 0 Å². The van der Waals surface area contributed by atoms with E-state index in [-0.39, 0.29) is 17.2 Å². The number of aryl methyl sites for hydroxylation is 1. The molecule has 0 spiro atoms. The lowest BCUT2D eigenvalue weighted by Gasteiger charge is -2.19. The van der Waals surface area contributed by atoms with Crippen LogP contribution in [0.4, 0.5) is 10.2 Å². The molecule has 1 N–H and O–H groups in total. The first kappa shape index (κ1) is 16.5. The first-order valence-electron chi connectivity index (χ1n) is 7.00.